The molecule has 1 heterocycles. The number of nitrogens with zero attached hydrogens (tertiary/aromatic N) is 4. The molecule has 0 bridgehead atoms. The fourth-order valence-electron chi connectivity index (χ4n) is 3.04. The van der Waals surface area contributed by atoms with Crippen molar-refractivity contribution in [3.05, 3.63) is 47.7 Å². The fraction of sp³-hybridized carbons (Fsp3) is 0.500. The molecule has 1 aliphatic heterocycles. The maximum atomic E-state index is 12.9. The average molecular weight is 355 g/mol. The minimum absolute atomic E-state index is 0.0147. The zero-order valence-electron chi connectivity index (χ0n) is 15.8. The van der Waals surface area contributed by atoms with Crippen LogP contribution < -0.4 is 5.73 Å². The second kappa shape index (κ2) is 9.95. The molecule has 6 heteroatoms. The van der Waals surface area contributed by atoms with Crippen molar-refractivity contribution in [2.75, 3.05) is 39.3 Å². The lowest BCUT2D eigenvalue weighted by atomic mass is 10.1. The number of hydrogen-bond acceptors (Lipinski definition) is 5. The van der Waals surface area contributed by atoms with E-state index >= 15 is 0 Å². The summed E-state index contributed by atoms with van der Waals surface area (Å²) in [6, 6.07) is 12.0. The van der Waals surface area contributed by atoms with Gasteiger partial charge in [0.1, 0.15) is 11.6 Å². The fourth-order valence-corrected chi connectivity index (χ4v) is 3.04. The first kappa shape index (κ1) is 20.0. The molecule has 1 amide bonds. The second-order valence-electron chi connectivity index (χ2n) is 6.83. The van der Waals surface area contributed by atoms with Crippen LogP contribution in [0.4, 0.5) is 0 Å². The highest BCUT2D eigenvalue weighted by molar-refractivity contribution is 5.97. The molecule has 1 fully saturated rings. The molecule has 0 atom stereocenters. The lowest BCUT2D eigenvalue weighted by molar-refractivity contribution is -0.129. The Bertz CT molecular complexity index is 642. The molecule has 0 spiro atoms. The molecule has 26 heavy (non-hydrogen) atoms. The van der Waals surface area contributed by atoms with Gasteiger partial charge in [0.2, 0.25) is 0 Å². The smallest absolute Gasteiger partial charge is 0.266 e. The molecule has 1 aromatic rings. The molecule has 0 aromatic heterocycles. The Hall–Kier alpha value is -2.36. The molecule has 140 valence electrons. The first-order valence-electron chi connectivity index (χ1n) is 9.18. The predicted octanol–water partition coefficient (Wildman–Crippen LogP) is 1.41. The summed E-state index contributed by atoms with van der Waals surface area (Å²) in [6.07, 6.45) is 1.72. The summed E-state index contributed by atoms with van der Waals surface area (Å²) in [5.74, 6) is -0.212. The summed E-state index contributed by atoms with van der Waals surface area (Å²) in [4.78, 5) is 19.0. The third kappa shape index (κ3) is 5.58. The summed E-state index contributed by atoms with van der Waals surface area (Å²) in [6.45, 7) is 9.40. The lowest BCUT2D eigenvalue weighted by Gasteiger charge is -2.34. The number of amides is 1. The minimum atomic E-state index is -0.212. The van der Waals surface area contributed by atoms with E-state index in [1.54, 1.807) is 11.1 Å². The molecule has 0 unspecified atom stereocenters. The molecule has 1 aromatic carbocycles. The van der Waals surface area contributed by atoms with Crippen LogP contribution >= 0.6 is 0 Å². The van der Waals surface area contributed by atoms with Gasteiger partial charge in [0, 0.05) is 58.1 Å². The first-order chi connectivity index (χ1) is 12.5. The number of nitriles is 1. The van der Waals surface area contributed by atoms with E-state index in [4.69, 9.17) is 5.73 Å². The van der Waals surface area contributed by atoms with E-state index in [0.717, 1.165) is 38.3 Å². The standard InChI is InChI=1S/C20H29N5O/c1-17(2)25(15-18-6-4-3-5-7-18)20(26)19(14-22)16-24-12-10-23(9-8-21)11-13-24/h3-7,16-17H,8-13,15,21H2,1-2H3/b19-16-. The molecule has 6 nitrogen and oxygen atoms in total. The Morgan fingerprint density at radius 3 is 2.46 bits per heavy atom. The predicted molar refractivity (Wildman–Crippen MR) is 103 cm³/mol. The Balaban J connectivity index is 2.06. The summed E-state index contributed by atoms with van der Waals surface area (Å²) in [5, 5.41) is 9.54. The summed E-state index contributed by atoms with van der Waals surface area (Å²) >= 11 is 0. The van der Waals surface area contributed by atoms with Gasteiger partial charge in [-0.15, -0.1) is 0 Å². The highest BCUT2D eigenvalue weighted by Crippen LogP contribution is 2.13. The van der Waals surface area contributed by atoms with Crippen LogP contribution in [0.1, 0.15) is 19.4 Å². The molecular formula is C20H29N5O. The third-order valence-corrected chi connectivity index (χ3v) is 4.59. The van der Waals surface area contributed by atoms with Gasteiger partial charge in [0.05, 0.1) is 0 Å². The van der Waals surface area contributed by atoms with Crippen molar-refractivity contribution in [1.29, 1.82) is 5.26 Å². The Morgan fingerprint density at radius 2 is 1.92 bits per heavy atom. The van der Waals surface area contributed by atoms with E-state index in [1.165, 1.54) is 0 Å². The zero-order chi connectivity index (χ0) is 18.9. The number of nitrogens with two attached hydrogens (primary N) is 1. The van der Waals surface area contributed by atoms with E-state index in [9.17, 15) is 10.1 Å². The molecule has 1 saturated heterocycles. The largest absolute Gasteiger partial charge is 0.374 e. The molecule has 0 saturated carbocycles. The van der Waals surface area contributed by atoms with Crippen molar-refractivity contribution in [2.24, 2.45) is 5.73 Å². The van der Waals surface area contributed by atoms with Gasteiger partial charge < -0.3 is 15.5 Å². The maximum Gasteiger partial charge on any atom is 0.266 e. The normalized spacial score (nSPS) is 15.8. The highest BCUT2D eigenvalue weighted by atomic mass is 16.2. The summed E-state index contributed by atoms with van der Waals surface area (Å²) in [7, 11) is 0. The van der Waals surface area contributed by atoms with E-state index in [1.807, 2.05) is 44.2 Å². The van der Waals surface area contributed by atoms with Crippen molar-refractivity contribution in [1.82, 2.24) is 14.7 Å². The number of carbonyl (C=O) groups is 1. The molecule has 2 N–H and O–H groups in total. The molecule has 2 rings (SSSR count). The van der Waals surface area contributed by atoms with Crippen LogP contribution in [0.5, 0.6) is 0 Å². The SMILES string of the molecule is CC(C)N(Cc1ccccc1)C(=O)/C(C#N)=C\N1CCN(CCN)CC1. The van der Waals surface area contributed by atoms with Gasteiger partial charge in [-0.05, 0) is 19.4 Å². The summed E-state index contributed by atoms with van der Waals surface area (Å²) in [5.41, 5.74) is 6.85. The number of rotatable bonds is 7. The monoisotopic (exact) mass is 355 g/mol. The van der Waals surface area contributed by atoms with Crippen LogP contribution in [0.2, 0.25) is 0 Å². The van der Waals surface area contributed by atoms with Gasteiger partial charge in [-0.1, -0.05) is 30.3 Å². The van der Waals surface area contributed by atoms with Crippen molar-refractivity contribution >= 4 is 5.91 Å². The van der Waals surface area contributed by atoms with Gasteiger partial charge in [0.25, 0.3) is 5.91 Å². The summed E-state index contributed by atoms with van der Waals surface area (Å²) < 4.78 is 0. The van der Waals surface area contributed by atoms with Crippen LogP contribution in [0.15, 0.2) is 42.1 Å². The third-order valence-electron chi connectivity index (χ3n) is 4.59. The Labute approximate surface area is 156 Å². The quantitative estimate of drug-likeness (QED) is 0.591. The van der Waals surface area contributed by atoms with Crippen molar-refractivity contribution < 1.29 is 4.79 Å². The Kier molecular flexibility index (Phi) is 7.64. The van der Waals surface area contributed by atoms with Crippen LogP contribution in [-0.2, 0) is 11.3 Å². The number of piperazine rings is 1. The molecular weight excluding hydrogens is 326 g/mol. The average Bonchev–Trinajstić information content (AvgIpc) is 2.66. The topological polar surface area (TPSA) is 76.6 Å². The molecule has 0 radical (unpaired) electrons. The van der Waals surface area contributed by atoms with Crippen molar-refractivity contribution in [3.8, 4) is 6.07 Å². The number of carbonyl (C=O) groups excluding carboxylic acids is 1. The van der Waals surface area contributed by atoms with Gasteiger partial charge in [-0.25, -0.2) is 0 Å². The lowest BCUT2D eigenvalue weighted by Crippen LogP contribution is -2.46. The highest BCUT2D eigenvalue weighted by Gasteiger charge is 2.23. The number of hydrogen-bond donors (Lipinski definition) is 1. The van der Waals surface area contributed by atoms with Crippen LogP contribution in [0.3, 0.4) is 0 Å². The molecule has 1 aliphatic rings. The molecule has 0 aliphatic carbocycles. The van der Waals surface area contributed by atoms with Gasteiger partial charge in [0.15, 0.2) is 0 Å². The van der Waals surface area contributed by atoms with Crippen LogP contribution in [0.25, 0.3) is 0 Å². The van der Waals surface area contributed by atoms with Crippen LogP contribution in [-0.4, -0.2) is 65.9 Å². The number of benzene rings is 1. The van der Waals surface area contributed by atoms with E-state index in [-0.39, 0.29) is 17.5 Å². The van der Waals surface area contributed by atoms with Gasteiger partial charge in [-0.2, -0.15) is 5.26 Å². The van der Waals surface area contributed by atoms with E-state index in [2.05, 4.69) is 15.9 Å². The van der Waals surface area contributed by atoms with E-state index < -0.39 is 0 Å². The van der Waals surface area contributed by atoms with Gasteiger partial charge in [-0.3, -0.25) is 9.69 Å². The van der Waals surface area contributed by atoms with Crippen LogP contribution in [0, 0.1) is 11.3 Å². The van der Waals surface area contributed by atoms with Gasteiger partial charge >= 0.3 is 0 Å². The first-order valence-corrected chi connectivity index (χ1v) is 9.18. The Morgan fingerprint density at radius 1 is 1.27 bits per heavy atom. The van der Waals surface area contributed by atoms with E-state index in [0.29, 0.717) is 13.1 Å². The maximum absolute atomic E-state index is 12.9. The second-order valence-corrected chi connectivity index (χ2v) is 6.83. The zero-order valence-corrected chi connectivity index (χ0v) is 15.8. The minimum Gasteiger partial charge on any atom is -0.374 e. The van der Waals surface area contributed by atoms with Crippen molar-refractivity contribution in [2.45, 2.75) is 26.4 Å². The van der Waals surface area contributed by atoms with Crippen molar-refractivity contribution in [3.63, 3.8) is 0 Å².